The van der Waals surface area contributed by atoms with Crippen molar-refractivity contribution in [1.82, 2.24) is 0 Å². The van der Waals surface area contributed by atoms with Crippen LogP contribution in [0.25, 0.3) is 0 Å². The molecule has 0 amide bonds. The molecule has 0 N–H and O–H groups in total. The van der Waals surface area contributed by atoms with Crippen molar-refractivity contribution in [3.05, 3.63) is 29.0 Å². The van der Waals surface area contributed by atoms with E-state index in [0.717, 1.165) is 6.07 Å². The minimum atomic E-state index is -1.60. The first-order valence-electron chi connectivity index (χ1n) is 6.03. The fourth-order valence-corrected chi connectivity index (χ4v) is 3.28. The topological polar surface area (TPSA) is 43.4 Å². The van der Waals surface area contributed by atoms with Crippen LogP contribution in [0.15, 0.2) is 23.1 Å². The highest BCUT2D eigenvalue weighted by atomic mass is 35.5. The number of carbonyl (C=O) groups excluding carboxylic acids is 1. The van der Waals surface area contributed by atoms with E-state index in [9.17, 15) is 13.4 Å². The summed E-state index contributed by atoms with van der Waals surface area (Å²) in [5, 5.41) is -0.851. The fraction of sp³-hybridized carbons (Fsp3) is 0.462. The van der Waals surface area contributed by atoms with Gasteiger partial charge in [-0.25, -0.2) is 4.39 Å². The maximum atomic E-state index is 13.1. The summed E-state index contributed by atoms with van der Waals surface area (Å²) in [6.45, 7) is 3.82. The molecule has 0 spiro atoms. The molecule has 1 aromatic carbocycles. The Kier molecular flexibility index (Phi) is 6.45. The molecule has 0 aromatic heterocycles. The summed E-state index contributed by atoms with van der Waals surface area (Å²) in [6.07, 6.45) is 1.14. The third kappa shape index (κ3) is 4.28. The van der Waals surface area contributed by atoms with Crippen molar-refractivity contribution in [2.45, 2.75) is 36.8 Å². The lowest BCUT2D eigenvalue weighted by molar-refractivity contribution is -0.142. The van der Waals surface area contributed by atoms with E-state index in [1.807, 2.05) is 6.92 Å². The van der Waals surface area contributed by atoms with Crippen molar-refractivity contribution < 1.29 is 18.1 Å². The molecule has 0 fully saturated rings. The molecule has 0 aliphatic carbocycles. The van der Waals surface area contributed by atoms with Gasteiger partial charge in [-0.2, -0.15) is 0 Å². The SMILES string of the molecule is CCCC(C(=O)OCC)S(=O)c1ccc(F)c(Cl)c1. The number of benzene rings is 1. The summed E-state index contributed by atoms with van der Waals surface area (Å²) in [5.41, 5.74) is 0. The van der Waals surface area contributed by atoms with Crippen LogP contribution in [-0.4, -0.2) is 22.0 Å². The Hall–Kier alpha value is -0.940. The van der Waals surface area contributed by atoms with E-state index in [1.165, 1.54) is 12.1 Å². The molecule has 3 nitrogen and oxygen atoms in total. The van der Waals surface area contributed by atoms with Crippen LogP contribution in [0.3, 0.4) is 0 Å². The second kappa shape index (κ2) is 7.60. The molecule has 2 atom stereocenters. The van der Waals surface area contributed by atoms with E-state index in [1.54, 1.807) is 6.92 Å². The number of halogens is 2. The molecule has 106 valence electrons. The first-order chi connectivity index (χ1) is 9.01. The lowest BCUT2D eigenvalue weighted by Crippen LogP contribution is -2.28. The van der Waals surface area contributed by atoms with E-state index in [4.69, 9.17) is 16.3 Å². The third-order valence-electron chi connectivity index (χ3n) is 2.48. The predicted octanol–water partition coefficient (Wildman–Crippen LogP) is 3.32. The molecule has 0 saturated heterocycles. The van der Waals surface area contributed by atoms with E-state index >= 15 is 0 Å². The van der Waals surface area contributed by atoms with E-state index in [-0.39, 0.29) is 11.6 Å². The Morgan fingerprint density at radius 1 is 1.47 bits per heavy atom. The van der Waals surface area contributed by atoms with Gasteiger partial charge in [-0.15, -0.1) is 0 Å². The molecule has 0 saturated carbocycles. The smallest absolute Gasteiger partial charge is 0.322 e. The third-order valence-corrected chi connectivity index (χ3v) is 4.44. The fourth-order valence-electron chi connectivity index (χ4n) is 1.58. The average molecular weight is 307 g/mol. The zero-order valence-electron chi connectivity index (χ0n) is 10.8. The number of carbonyl (C=O) groups is 1. The van der Waals surface area contributed by atoms with Crippen molar-refractivity contribution in [3.63, 3.8) is 0 Å². The molecule has 0 radical (unpaired) electrons. The standard InChI is InChI=1S/C13H16ClFO3S/c1-3-5-12(13(16)18-4-2)19(17)9-6-7-11(15)10(14)8-9/h6-8,12H,3-5H2,1-2H3. The zero-order valence-corrected chi connectivity index (χ0v) is 12.4. The lowest BCUT2D eigenvalue weighted by Gasteiger charge is -2.14. The molecule has 0 aliphatic rings. The molecule has 1 aromatic rings. The first kappa shape index (κ1) is 16.1. The number of rotatable bonds is 6. The highest BCUT2D eigenvalue weighted by Crippen LogP contribution is 2.22. The molecule has 0 bridgehead atoms. The van der Waals surface area contributed by atoms with Crippen LogP contribution in [0.1, 0.15) is 26.7 Å². The van der Waals surface area contributed by atoms with Crippen LogP contribution in [-0.2, 0) is 20.3 Å². The van der Waals surface area contributed by atoms with Gasteiger partial charge in [0.25, 0.3) is 0 Å². The average Bonchev–Trinajstić information content (AvgIpc) is 2.38. The quantitative estimate of drug-likeness (QED) is 0.757. The number of hydrogen-bond donors (Lipinski definition) is 0. The molecule has 2 unspecified atom stereocenters. The number of hydrogen-bond acceptors (Lipinski definition) is 3. The molecule has 19 heavy (non-hydrogen) atoms. The number of esters is 1. The molecular weight excluding hydrogens is 291 g/mol. The Bertz CT molecular complexity index is 479. The van der Waals surface area contributed by atoms with Gasteiger partial charge < -0.3 is 4.74 Å². The van der Waals surface area contributed by atoms with Crippen molar-refractivity contribution in [3.8, 4) is 0 Å². The second-order valence-electron chi connectivity index (χ2n) is 3.90. The van der Waals surface area contributed by atoms with Crippen molar-refractivity contribution in [2.75, 3.05) is 6.61 Å². The van der Waals surface area contributed by atoms with Gasteiger partial charge in [0.15, 0.2) is 0 Å². The summed E-state index contributed by atoms with van der Waals surface area (Å²) in [6, 6.07) is 3.80. The molecule has 6 heteroatoms. The highest BCUT2D eigenvalue weighted by molar-refractivity contribution is 7.86. The van der Waals surface area contributed by atoms with Gasteiger partial charge in [0.2, 0.25) is 0 Å². The van der Waals surface area contributed by atoms with E-state index in [2.05, 4.69) is 0 Å². The summed E-state index contributed by atoms with van der Waals surface area (Å²) in [7, 11) is -1.60. The molecule has 1 rings (SSSR count). The van der Waals surface area contributed by atoms with Crippen molar-refractivity contribution >= 4 is 28.4 Å². The van der Waals surface area contributed by atoms with Gasteiger partial charge in [0.1, 0.15) is 11.1 Å². The summed E-state index contributed by atoms with van der Waals surface area (Å²) in [4.78, 5) is 12.1. The van der Waals surface area contributed by atoms with Crippen LogP contribution < -0.4 is 0 Å². The van der Waals surface area contributed by atoms with Crippen LogP contribution in [0.2, 0.25) is 5.02 Å². The van der Waals surface area contributed by atoms with Crippen LogP contribution in [0, 0.1) is 5.82 Å². The van der Waals surface area contributed by atoms with Crippen LogP contribution >= 0.6 is 11.6 Å². The maximum Gasteiger partial charge on any atom is 0.322 e. The van der Waals surface area contributed by atoms with Crippen molar-refractivity contribution in [1.29, 1.82) is 0 Å². The monoisotopic (exact) mass is 306 g/mol. The Morgan fingerprint density at radius 2 is 2.16 bits per heavy atom. The van der Waals surface area contributed by atoms with Crippen LogP contribution in [0.5, 0.6) is 0 Å². The Labute approximate surface area is 119 Å². The van der Waals surface area contributed by atoms with Gasteiger partial charge in [0.05, 0.1) is 22.4 Å². The second-order valence-corrected chi connectivity index (χ2v) is 5.95. The van der Waals surface area contributed by atoms with Crippen molar-refractivity contribution in [2.24, 2.45) is 0 Å². The molecular formula is C13H16ClFO3S. The Balaban J connectivity index is 2.98. The largest absolute Gasteiger partial charge is 0.465 e. The minimum absolute atomic E-state index is 0.107. The van der Waals surface area contributed by atoms with Gasteiger partial charge >= 0.3 is 5.97 Å². The summed E-state index contributed by atoms with van der Waals surface area (Å²) < 4.78 is 30.3. The van der Waals surface area contributed by atoms with Gasteiger partial charge in [-0.1, -0.05) is 24.9 Å². The molecule has 0 aliphatic heterocycles. The Morgan fingerprint density at radius 3 is 2.68 bits per heavy atom. The van der Waals surface area contributed by atoms with Crippen LogP contribution in [0.4, 0.5) is 4.39 Å². The lowest BCUT2D eigenvalue weighted by atomic mass is 10.2. The highest BCUT2D eigenvalue weighted by Gasteiger charge is 2.27. The summed E-state index contributed by atoms with van der Waals surface area (Å²) in [5.74, 6) is -1.08. The maximum absolute atomic E-state index is 13.1. The zero-order chi connectivity index (χ0) is 14.4. The van der Waals surface area contributed by atoms with E-state index < -0.39 is 27.8 Å². The van der Waals surface area contributed by atoms with Gasteiger partial charge in [0, 0.05) is 4.90 Å². The minimum Gasteiger partial charge on any atom is -0.465 e. The molecule has 0 heterocycles. The predicted molar refractivity (Wildman–Crippen MR) is 73.1 cm³/mol. The number of ether oxygens (including phenoxy) is 1. The van der Waals surface area contributed by atoms with Gasteiger partial charge in [-0.05, 0) is 31.5 Å². The normalized spacial score (nSPS) is 13.9. The van der Waals surface area contributed by atoms with Gasteiger partial charge in [-0.3, -0.25) is 9.00 Å². The summed E-state index contributed by atoms with van der Waals surface area (Å²) >= 11 is 5.65. The first-order valence-corrected chi connectivity index (χ1v) is 7.62. The van der Waals surface area contributed by atoms with E-state index in [0.29, 0.717) is 17.7 Å².